The van der Waals surface area contributed by atoms with Gasteiger partial charge in [0.2, 0.25) is 5.91 Å². The standard InChI is InChI=1S/C26H25FN4O3/c1-2-33-15-16-34-26-29-25(20-9-6-10-21(27)18-20)31(30-26)23-13-11-22(12-14-23)28-24(32)17-19-7-4-3-5-8-19/h3-14,18H,2,15-17H2,1H3,(H,28,32). The molecule has 7 nitrogen and oxygen atoms in total. The summed E-state index contributed by atoms with van der Waals surface area (Å²) in [6.45, 7) is 3.21. The van der Waals surface area contributed by atoms with Crippen LogP contribution in [0.25, 0.3) is 17.1 Å². The lowest BCUT2D eigenvalue weighted by atomic mass is 10.1. The number of nitrogens with one attached hydrogen (secondary N) is 1. The smallest absolute Gasteiger partial charge is 0.336 e. The zero-order valence-electron chi connectivity index (χ0n) is 18.8. The van der Waals surface area contributed by atoms with E-state index in [0.29, 0.717) is 42.6 Å². The van der Waals surface area contributed by atoms with Gasteiger partial charge in [-0.15, -0.1) is 5.10 Å². The molecule has 4 rings (SSSR count). The molecule has 8 heteroatoms. The topological polar surface area (TPSA) is 78.3 Å². The van der Waals surface area contributed by atoms with Crippen LogP contribution in [0, 0.1) is 5.82 Å². The van der Waals surface area contributed by atoms with E-state index in [0.717, 1.165) is 5.56 Å². The average Bonchev–Trinajstić information content (AvgIpc) is 3.27. The second-order valence-corrected chi connectivity index (χ2v) is 7.44. The van der Waals surface area contributed by atoms with E-state index in [1.54, 1.807) is 41.1 Å². The lowest BCUT2D eigenvalue weighted by Crippen LogP contribution is -2.14. The van der Waals surface area contributed by atoms with Crippen LogP contribution in [0.5, 0.6) is 6.01 Å². The molecule has 174 valence electrons. The minimum Gasteiger partial charge on any atom is -0.460 e. The monoisotopic (exact) mass is 460 g/mol. The van der Waals surface area contributed by atoms with E-state index >= 15 is 0 Å². The maximum atomic E-state index is 13.9. The molecule has 0 bridgehead atoms. The van der Waals surface area contributed by atoms with Gasteiger partial charge in [-0.05, 0) is 48.9 Å². The first-order valence-electron chi connectivity index (χ1n) is 11.0. The Bertz CT molecular complexity index is 1230. The van der Waals surface area contributed by atoms with Gasteiger partial charge in [0.1, 0.15) is 12.4 Å². The number of rotatable bonds is 10. The summed E-state index contributed by atoms with van der Waals surface area (Å²) < 4.78 is 26.4. The van der Waals surface area contributed by atoms with Crippen molar-refractivity contribution in [1.29, 1.82) is 0 Å². The average molecular weight is 461 g/mol. The Morgan fingerprint density at radius 2 is 1.79 bits per heavy atom. The summed E-state index contributed by atoms with van der Waals surface area (Å²) in [7, 11) is 0. The van der Waals surface area contributed by atoms with Crippen LogP contribution >= 0.6 is 0 Å². The first-order valence-corrected chi connectivity index (χ1v) is 11.0. The number of aromatic nitrogens is 3. The Kier molecular flexibility index (Phi) is 7.62. The molecule has 0 saturated heterocycles. The number of ether oxygens (including phenoxy) is 2. The van der Waals surface area contributed by atoms with Crippen LogP contribution in [-0.4, -0.2) is 40.5 Å². The summed E-state index contributed by atoms with van der Waals surface area (Å²) in [5, 5.41) is 7.34. The molecule has 1 N–H and O–H groups in total. The molecule has 0 fully saturated rings. The Balaban J connectivity index is 1.53. The number of benzene rings is 3. The van der Waals surface area contributed by atoms with Crippen LogP contribution < -0.4 is 10.1 Å². The fourth-order valence-corrected chi connectivity index (χ4v) is 3.36. The molecule has 3 aromatic carbocycles. The van der Waals surface area contributed by atoms with Crippen LogP contribution in [0.3, 0.4) is 0 Å². The minimum absolute atomic E-state index is 0.106. The van der Waals surface area contributed by atoms with Gasteiger partial charge >= 0.3 is 6.01 Å². The molecule has 1 heterocycles. The van der Waals surface area contributed by atoms with Crippen LogP contribution in [0.1, 0.15) is 12.5 Å². The number of anilines is 1. The van der Waals surface area contributed by atoms with E-state index in [9.17, 15) is 9.18 Å². The highest BCUT2D eigenvalue weighted by molar-refractivity contribution is 5.92. The van der Waals surface area contributed by atoms with Crippen molar-refractivity contribution in [2.75, 3.05) is 25.1 Å². The lowest BCUT2D eigenvalue weighted by molar-refractivity contribution is -0.115. The number of hydrogen-bond donors (Lipinski definition) is 1. The first kappa shape index (κ1) is 23.1. The van der Waals surface area contributed by atoms with Gasteiger partial charge in [0.25, 0.3) is 0 Å². The van der Waals surface area contributed by atoms with E-state index in [-0.39, 0.29) is 24.2 Å². The molecule has 0 atom stereocenters. The predicted octanol–water partition coefficient (Wildman–Crippen LogP) is 4.67. The molecular formula is C26H25FN4O3. The third-order valence-corrected chi connectivity index (χ3v) is 4.94. The molecule has 0 radical (unpaired) electrons. The predicted molar refractivity (Wildman–Crippen MR) is 128 cm³/mol. The largest absolute Gasteiger partial charge is 0.460 e. The van der Waals surface area contributed by atoms with Crippen molar-refractivity contribution in [3.63, 3.8) is 0 Å². The zero-order valence-corrected chi connectivity index (χ0v) is 18.8. The highest BCUT2D eigenvalue weighted by atomic mass is 19.1. The van der Waals surface area contributed by atoms with Gasteiger partial charge in [-0.25, -0.2) is 9.07 Å². The number of hydrogen-bond acceptors (Lipinski definition) is 5. The maximum absolute atomic E-state index is 13.9. The van der Waals surface area contributed by atoms with Gasteiger partial charge in [0, 0.05) is 17.9 Å². The SMILES string of the molecule is CCOCCOc1nc(-c2cccc(F)c2)n(-c2ccc(NC(=O)Cc3ccccc3)cc2)n1. The molecule has 0 aliphatic carbocycles. The van der Waals surface area contributed by atoms with Crippen molar-refractivity contribution in [2.24, 2.45) is 0 Å². The van der Waals surface area contributed by atoms with Crippen molar-refractivity contribution < 1.29 is 18.7 Å². The van der Waals surface area contributed by atoms with Crippen molar-refractivity contribution in [2.45, 2.75) is 13.3 Å². The normalized spacial score (nSPS) is 10.8. The first-order chi connectivity index (χ1) is 16.6. The summed E-state index contributed by atoms with van der Waals surface area (Å²) >= 11 is 0. The molecule has 34 heavy (non-hydrogen) atoms. The van der Waals surface area contributed by atoms with Gasteiger partial charge in [-0.1, -0.05) is 42.5 Å². The van der Waals surface area contributed by atoms with Crippen LogP contribution in [0.4, 0.5) is 10.1 Å². The molecule has 0 spiro atoms. The third-order valence-electron chi connectivity index (χ3n) is 4.94. The molecule has 0 saturated carbocycles. The van der Waals surface area contributed by atoms with E-state index < -0.39 is 0 Å². The van der Waals surface area contributed by atoms with Crippen molar-refractivity contribution >= 4 is 11.6 Å². The summed E-state index contributed by atoms with van der Waals surface area (Å²) in [5.41, 5.74) is 2.85. The van der Waals surface area contributed by atoms with Crippen LogP contribution in [0.2, 0.25) is 0 Å². The Labute approximate surface area is 197 Å². The molecule has 0 aliphatic rings. The van der Waals surface area contributed by atoms with Gasteiger partial charge in [-0.2, -0.15) is 4.98 Å². The fraction of sp³-hybridized carbons (Fsp3) is 0.192. The van der Waals surface area contributed by atoms with Gasteiger partial charge in [0.15, 0.2) is 5.82 Å². The van der Waals surface area contributed by atoms with E-state index in [1.807, 2.05) is 37.3 Å². The minimum atomic E-state index is -0.373. The zero-order chi connectivity index (χ0) is 23.8. The number of carbonyl (C=O) groups excluding carboxylic acids is 1. The molecule has 1 aromatic heterocycles. The van der Waals surface area contributed by atoms with E-state index in [4.69, 9.17) is 9.47 Å². The van der Waals surface area contributed by atoms with Crippen molar-refractivity contribution in [3.8, 4) is 23.1 Å². The molecule has 0 aliphatic heterocycles. The number of halogens is 1. The highest BCUT2D eigenvalue weighted by Crippen LogP contribution is 2.25. The summed E-state index contributed by atoms with van der Waals surface area (Å²) in [6.07, 6.45) is 0.290. The van der Waals surface area contributed by atoms with Gasteiger partial charge < -0.3 is 14.8 Å². The molecule has 1 amide bonds. The number of carbonyl (C=O) groups is 1. The second kappa shape index (κ2) is 11.2. The highest BCUT2D eigenvalue weighted by Gasteiger charge is 2.16. The Morgan fingerprint density at radius 1 is 1.00 bits per heavy atom. The summed E-state index contributed by atoms with van der Waals surface area (Å²) in [6, 6.07) is 23.0. The summed E-state index contributed by atoms with van der Waals surface area (Å²) in [4.78, 5) is 16.8. The third kappa shape index (κ3) is 6.05. The Morgan fingerprint density at radius 3 is 2.53 bits per heavy atom. The van der Waals surface area contributed by atoms with Crippen LogP contribution in [0.15, 0.2) is 78.9 Å². The van der Waals surface area contributed by atoms with Crippen molar-refractivity contribution in [3.05, 3.63) is 90.2 Å². The van der Waals surface area contributed by atoms with E-state index in [2.05, 4.69) is 15.4 Å². The lowest BCUT2D eigenvalue weighted by Gasteiger charge is -2.09. The van der Waals surface area contributed by atoms with Crippen molar-refractivity contribution in [1.82, 2.24) is 14.8 Å². The van der Waals surface area contributed by atoms with E-state index in [1.165, 1.54) is 12.1 Å². The number of nitrogens with zero attached hydrogens (tertiary/aromatic N) is 3. The molecular weight excluding hydrogens is 435 g/mol. The molecule has 0 unspecified atom stereocenters. The fourth-order valence-electron chi connectivity index (χ4n) is 3.36. The van der Waals surface area contributed by atoms with Crippen LogP contribution in [-0.2, 0) is 16.0 Å². The Hall–Kier alpha value is -4.04. The molecule has 4 aromatic rings. The number of amides is 1. The van der Waals surface area contributed by atoms with Gasteiger partial charge in [-0.3, -0.25) is 4.79 Å². The summed E-state index contributed by atoms with van der Waals surface area (Å²) in [5.74, 6) is -0.0424. The van der Waals surface area contributed by atoms with Gasteiger partial charge in [0.05, 0.1) is 18.7 Å². The second-order valence-electron chi connectivity index (χ2n) is 7.44. The quantitative estimate of drug-likeness (QED) is 0.348. The maximum Gasteiger partial charge on any atom is 0.336 e.